The lowest BCUT2D eigenvalue weighted by molar-refractivity contribution is -0.288. The first-order chi connectivity index (χ1) is 15.5. The Balaban J connectivity index is 1.81. The van der Waals surface area contributed by atoms with Gasteiger partial charge in [-0.3, -0.25) is 4.79 Å². The van der Waals surface area contributed by atoms with Gasteiger partial charge in [-0.25, -0.2) is 4.79 Å². The standard InChI is InChI=1S/C22H15Cl2F3N2O4/c23-13-7-6-12(10-14(13)24)15-8-9-16(33-15)18-17(19(30)11-4-2-1-3-5-11)21(32,22(25,26)27)29-20(31)28-18/h1-10,17-18,32H,(H2,28,29,31). The Morgan fingerprint density at radius 3 is 2.36 bits per heavy atom. The minimum absolute atomic E-state index is 0.0793. The van der Waals surface area contributed by atoms with Gasteiger partial charge in [0.05, 0.1) is 10.0 Å². The van der Waals surface area contributed by atoms with Crippen LogP contribution in [0.4, 0.5) is 18.0 Å². The summed E-state index contributed by atoms with van der Waals surface area (Å²) >= 11 is 11.9. The number of halogens is 5. The van der Waals surface area contributed by atoms with Gasteiger partial charge in [-0.15, -0.1) is 0 Å². The Kier molecular flexibility index (Phi) is 5.90. The average molecular weight is 499 g/mol. The molecule has 6 nitrogen and oxygen atoms in total. The summed E-state index contributed by atoms with van der Waals surface area (Å²) in [4.78, 5) is 25.3. The maximum atomic E-state index is 14.0. The number of carbonyl (C=O) groups is 2. The van der Waals surface area contributed by atoms with Gasteiger partial charge in [-0.05, 0) is 30.3 Å². The summed E-state index contributed by atoms with van der Waals surface area (Å²) in [5, 5.41) is 14.9. The van der Waals surface area contributed by atoms with Gasteiger partial charge in [-0.1, -0.05) is 53.5 Å². The van der Waals surface area contributed by atoms with Gasteiger partial charge in [-0.2, -0.15) is 13.2 Å². The minimum Gasteiger partial charge on any atom is -0.459 e. The van der Waals surface area contributed by atoms with E-state index < -0.39 is 35.7 Å². The monoisotopic (exact) mass is 498 g/mol. The molecule has 3 aromatic rings. The van der Waals surface area contributed by atoms with E-state index in [1.165, 1.54) is 53.8 Å². The lowest BCUT2D eigenvalue weighted by Crippen LogP contribution is -2.72. The van der Waals surface area contributed by atoms with Crippen molar-refractivity contribution in [2.24, 2.45) is 5.92 Å². The third-order valence-electron chi connectivity index (χ3n) is 5.28. The number of rotatable bonds is 4. The van der Waals surface area contributed by atoms with Crippen molar-refractivity contribution in [3.05, 3.63) is 82.0 Å². The number of nitrogens with one attached hydrogen (secondary N) is 2. The van der Waals surface area contributed by atoms with E-state index in [9.17, 15) is 27.9 Å². The van der Waals surface area contributed by atoms with E-state index in [1.807, 2.05) is 0 Å². The molecule has 11 heteroatoms. The lowest BCUT2D eigenvalue weighted by atomic mass is 9.79. The molecule has 1 saturated heterocycles. The molecule has 33 heavy (non-hydrogen) atoms. The normalized spacial score (nSPS) is 23.0. The SMILES string of the molecule is O=C1NC(c2ccc(-c3ccc(Cl)c(Cl)c3)o2)C(C(=O)c2ccccc2)C(O)(C(F)(F)F)N1. The second-order valence-electron chi connectivity index (χ2n) is 7.38. The van der Waals surface area contributed by atoms with Crippen molar-refractivity contribution in [3.63, 3.8) is 0 Å². The van der Waals surface area contributed by atoms with E-state index in [0.717, 1.165) is 0 Å². The third-order valence-corrected chi connectivity index (χ3v) is 6.02. The summed E-state index contributed by atoms with van der Waals surface area (Å²) in [5.41, 5.74) is -3.46. The van der Waals surface area contributed by atoms with Crippen molar-refractivity contribution in [2.75, 3.05) is 0 Å². The number of carbonyl (C=O) groups excluding carboxylic acids is 2. The summed E-state index contributed by atoms with van der Waals surface area (Å²) in [5.74, 6) is -3.19. The summed E-state index contributed by atoms with van der Waals surface area (Å²) in [6.07, 6.45) is -5.36. The van der Waals surface area contributed by atoms with Crippen LogP contribution in [0.1, 0.15) is 22.2 Å². The molecule has 0 aliphatic carbocycles. The summed E-state index contributed by atoms with van der Waals surface area (Å²) < 4.78 is 47.6. The number of urea groups is 1. The predicted octanol–water partition coefficient (Wildman–Crippen LogP) is 5.36. The molecule has 3 N–H and O–H groups in total. The van der Waals surface area contributed by atoms with Crippen molar-refractivity contribution in [3.8, 4) is 11.3 Å². The topological polar surface area (TPSA) is 91.6 Å². The van der Waals surface area contributed by atoms with Gasteiger partial charge in [0.15, 0.2) is 5.78 Å². The predicted molar refractivity (Wildman–Crippen MR) is 114 cm³/mol. The number of Topliss-reactive ketones (excluding diaryl/α,β-unsaturated/α-hetero) is 1. The Morgan fingerprint density at radius 2 is 1.73 bits per heavy atom. The molecule has 0 bridgehead atoms. The van der Waals surface area contributed by atoms with Crippen LogP contribution in [0, 0.1) is 5.92 Å². The maximum Gasteiger partial charge on any atom is 0.437 e. The van der Waals surface area contributed by atoms with Crippen LogP contribution >= 0.6 is 23.2 Å². The number of alkyl halides is 3. The van der Waals surface area contributed by atoms with Crippen molar-refractivity contribution in [2.45, 2.75) is 17.9 Å². The molecule has 0 saturated carbocycles. The quantitative estimate of drug-likeness (QED) is 0.422. The molecule has 172 valence electrons. The zero-order valence-electron chi connectivity index (χ0n) is 16.5. The Labute approximate surface area is 195 Å². The molecule has 2 heterocycles. The summed E-state index contributed by atoms with van der Waals surface area (Å²) in [6.45, 7) is 0. The van der Waals surface area contributed by atoms with Crippen molar-refractivity contribution in [1.29, 1.82) is 0 Å². The molecule has 2 amide bonds. The molecule has 3 atom stereocenters. The van der Waals surface area contributed by atoms with Crippen LogP contribution in [0.5, 0.6) is 0 Å². The van der Waals surface area contributed by atoms with Crippen LogP contribution in [-0.2, 0) is 0 Å². The van der Waals surface area contributed by atoms with Crippen LogP contribution in [0.2, 0.25) is 10.0 Å². The number of ketones is 1. The highest BCUT2D eigenvalue weighted by Gasteiger charge is 2.66. The van der Waals surface area contributed by atoms with Crippen molar-refractivity contribution < 1.29 is 32.3 Å². The molecular weight excluding hydrogens is 484 g/mol. The van der Waals surface area contributed by atoms with Crippen LogP contribution in [0.15, 0.2) is 65.1 Å². The minimum atomic E-state index is -5.36. The summed E-state index contributed by atoms with van der Waals surface area (Å²) in [7, 11) is 0. The van der Waals surface area contributed by atoms with Gasteiger partial charge in [0.2, 0.25) is 5.72 Å². The van der Waals surface area contributed by atoms with Crippen LogP contribution in [0.25, 0.3) is 11.3 Å². The van der Waals surface area contributed by atoms with E-state index in [4.69, 9.17) is 27.6 Å². The number of hydrogen-bond donors (Lipinski definition) is 3. The fraction of sp³-hybridized carbons (Fsp3) is 0.182. The van der Waals surface area contributed by atoms with Gasteiger partial charge in [0, 0.05) is 11.1 Å². The lowest BCUT2D eigenvalue weighted by Gasteiger charge is -2.44. The zero-order chi connectivity index (χ0) is 24.0. The van der Waals surface area contributed by atoms with Crippen LogP contribution < -0.4 is 10.6 Å². The molecule has 4 rings (SSSR count). The Hall–Kier alpha value is -3.01. The van der Waals surface area contributed by atoms with Crippen LogP contribution in [0.3, 0.4) is 0 Å². The van der Waals surface area contributed by atoms with Crippen molar-refractivity contribution in [1.82, 2.24) is 10.6 Å². The van der Waals surface area contributed by atoms with E-state index in [0.29, 0.717) is 10.6 Å². The smallest absolute Gasteiger partial charge is 0.437 e. The highest BCUT2D eigenvalue weighted by atomic mass is 35.5. The maximum absolute atomic E-state index is 14.0. The Bertz CT molecular complexity index is 1220. The first kappa shape index (κ1) is 23.2. The average Bonchev–Trinajstić information content (AvgIpc) is 3.25. The van der Waals surface area contributed by atoms with E-state index in [1.54, 1.807) is 12.1 Å². The van der Waals surface area contributed by atoms with Gasteiger partial charge in [0.25, 0.3) is 0 Å². The van der Waals surface area contributed by atoms with Gasteiger partial charge in [0.1, 0.15) is 23.5 Å². The molecule has 1 aliphatic heterocycles. The van der Waals surface area contributed by atoms with Crippen molar-refractivity contribution >= 4 is 35.0 Å². The molecule has 3 unspecified atom stereocenters. The number of furan rings is 1. The van der Waals surface area contributed by atoms with E-state index >= 15 is 0 Å². The molecule has 0 radical (unpaired) electrons. The zero-order valence-corrected chi connectivity index (χ0v) is 18.0. The molecular formula is C22H15Cl2F3N2O4. The number of aliphatic hydroxyl groups is 1. The highest BCUT2D eigenvalue weighted by molar-refractivity contribution is 6.42. The Morgan fingerprint density at radius 1 is 1.03 bits per heavy atom. The number of hydrogen-bond acceptors (Lipinski definition) is 4. The molecule has 0 spiro atoms. The molecule has 2 aromatic carbocycles. The summed E-state index contributed by atoms with van der Waals surface area (Å²) in [6, 6.07) is 11.6. The first-order valence-corrected chi connectivity index (χ1v) is 10.3. The second-order valence-corrected chi connectivity index (χ2v) is 8.19. The van der Waals surface area contributed by atoms with Gasteiger partial charge < -0.3 is 20.2 Å². The van der Waals surface area contributed by atoms with E-state index in [2.05, 4.69) is 5.32 Å². The second kappa shape index (κ2) is 8.40. The van der Waals surface area contributed by atoms with Gasteiger partial charge >= 0.3 is 12.2 Å². The third kappa shape index (κ3) is 4.19. The van der Waals surface area contributed by atoms with E-state index in [-0.39, 0.29) is 22.1 Å². The number of benzene rings is 2. The number of amides is 2. The van der Waals surface area contributed by atoms with Crippen LogP contribution in [-0.4, -0.2) is 28.8 Å². The first-order valence-electron chi connectivity index (χ1n) is 9.53. The molecule has 1 fully saturated rings. The molecule has 1 aliphatic rings. The largest absolute Gasteiger partial charge is 0.459 e. The highest BCUT2D eigenvalue weighted by Crippen LogP contribution is 2.44. The fourth-order valence-corrected chi connectivity index (χ4v) is 3.98. The molecule has 1 aromatic heterocycles. The fourth-order valence-electron chi connectivity index (χ4n) is 3.68.